The molecular weight excluding hydrogens is 496 g/mol. The SMILES string of the molecule is COc1ccc(-c2nnc(SCC(=O)NN3C(=O)NC4(CCC(C)CC4)C3=O)n2CC2CCCO2)cc1. The second kappa shape index (κ2) is 10.7. The van der Waals surface area contributed by atoms with Gasteiger partial charge in [-0.1, -0.05) is 18.7 Å². The largest absolute Gasteiger partial charge is 0.497 e. The summed E-state index contributed by atoms with van der Waals surface area (Å²) in [6.07, 6.45) is 4.88. The number of thioether (sulfide) groups is 1. The molecule has 11 nitrogen and oxygen atoms in total. The molecule has 198 valence electrons. The van der Waals surface area contributed by atoms with E-state index in [-0.39, 0.29) is 17.8 Å². The molecule has 4 amide bonds. The van der Waals surface area contributed by atoms with Crippen LogP contribution in [0.5, 0.6) is 5.75 Å². The van der Waals surface area contributed by atoms with Gasteiger partial charge in [-0.3, -0.25) is 19.6 Å². The second-order valence-corrected chi connectivity index (χ2v) is 10.9. The molecule has 1 unspecified atom stereocenters. The first-order valence-electron chi connectivity index (χ1n) is 12.7. The van der Waals surface area contributed by atoms with Gasteiger partial charge in [-0.2, -0.15) is 5.01 Å². The summed E-state index contributed by atoms with van der Waals surface area (Å²) >= 11 is 1.20. The first kappa shape index (κ1) is 25.5. The Morgan fingerprint density at radius 1 is 1.22 bits per heavy atom. The number of rotatable bonds is 8. The maximum Gasteiger partial charge on any atom is 0.344 e. The molecule has 2 aliphatic heterocycles. The number of methoxy groups -OCH3 is 1. The third-order valence-electron chi connectivity index (χ3n) is 7.33. The molecule has 3 fully saturated rings. The van der Waals surface area contributed by atoms with Crippen LogP contribution in [-0.4, -0.2) is 68.7 Å². The van der Waals surface area contributed by atoms with Crippen LogP contribution in [0.4, 0.5) is 4.79 Å². The number of carbonyl (C=O) groups is 3. The Balaban J connectivity index is 1.26. The van der Waals surface area contributed by atoms with Gasteiger partial charge in [-0.25, -0.2) is 4.79 Å². The van der Waals surface area contributed by atoms with Gasteiger partial charge in [0, 0.05) is 12.2 Å². The fourth-order valence-electron chi connectivity index (χ4n) is 5.11. The average molecular weight is 529 g/mol. The number of nitrogens with one attached hydrogen (secondary N) is 2. The number of carbonyl (C=O) groups excluding carboxylic acids is 3. The Labute approximate surface area is 219 Å². The van der Waals surface area contributed by atoms with Gasteiger partial charge in [0.05, 0.1) is 25.5 Å². The van der Waals surface area contributed by atoms with Crippen molar-refractivity contribution < 1.29 is 23.9 Å². The average Bonchev–Trinajstić information content (AvgIpc) is 3.62. The normalized spacial score (nSPS) is 25.5. The Morgan fingerprint density at radius 3 is 2.65 bits per heavy atom. The molecule has 1 atom stereocenters. The van der Waals surface area contributed by atoms with Crippen molar-refractivity contribution in [2.24, 2.45) is 5.92 Å². The molecule has 2 aromatic rings. The van der Waals surface area contributed by atoms with Gasteiger partial charge in [-0.05, 0) is 68.7 Å². The number of amides is 4. The van der Waals surface area contributed by atoms with Gasteiger partial charge in [-0.15, -0.1) is 10.2 Å². The molecule has 3 aliphatic rings. The van der Waals surface area contributed by atoms with Gasteiger partial charge < -0.3 is 14.8 Å². The molecule has 3 heterocycles. The summed E-state index contributed by atoms with van der Waals surface area (Å²) < 4.78 is 13.1. The van der Waals surface area contributed by atoms with Crippen LogP contribution in [-0.2, 0) is 20.9 Å². The van der Waals surface area contributed by atoms with Crippen molar-refractivity contribution in [2.75, 3.05) is 19.5 Å². The van der Waals surface area contributed by atoms with Gasteiger partial charge in [0.25, 0.3) is 5.91 Å². The lowest BCUT2D eigenvalue weighted by atomic mass is 9.77. The lowest BCUT2D eigenvalue weighted by Gasteiger charge is -2.33. The first-order chi connectivity index (χ1) is 17.9. The second-order valence-electron chi connectivity index (χ2n) is 9.94. The number of ether oxygens (including phenoxy) is 2. The zero-order chi connectivity index (χ0) is 26.0. The minimum absolute atomic E-state index is 0.0344. The molecule has 37 heavy (non-hydrogen) atoms. The van der Waals surface area contributed by atoms with Crippen molar-refractivity contribution in [3.63, 3.8) is 0 Å². The van der Waals surface area contributed by atoms with Crippen molar-refractivity contribution in [3.05, 3.63) is 24.3 Å². The maximum absolute atomic E-state index is 13.0. The van der Waals surface area contributed by atoms with Gasteiger partial charge in [0.1, 0.15) is 11.3 Å². The summed E-state index contributed by atoms with van der Waals surface area (Å²) in [5.74, 6) is 1.05. The fraction of sp³-hybridized carbons (Fsp3) is 0.560. The standard InChI is InChI=1S/C25H32N6O5S/c1-16-9-11-25(12-10-16)22(33)31(23(34)26-25)29-20(32)15-37-24-28-27-21(17-5-7-18(35-2)8-6-17)30(24)14-19-4-3-13-36-19/h5-8,16,19H,3-4,9-15H2,1-2H3,(H,26,34)(H,29,32). The molecule has 0 radical (unpaired) electrons. The van der Waals surface area contributed by atoms with E-state index in [1.807, 2.05) is 28.8 Å². The van der Waals surface area contributed by atoms with E-state index >= 15 is 0 Å². The zero-order valence-electron chi connectivity index (χ0n) is 21.1. The minimum Gasteiger partial charge on any atom is -0.497 e. The molecule has 12 heteroatoms. The number of aromatic nitrogens is 3. The van der Waals surface area contributed by atoms with Crippen molar-refractivity contribution in [3.8, 4) is 17.1 Å². The summed E-state index contributed by atoms with van der Waals surface area (Å²) in [7, 11) is 1.61. The number of benzene rings is 1. The van der Waals surface area contributed by atoms with E-state index < -0.39 is 17.5 Å². The van der Waals surface area contributed by atoms with Crippen LogP contribution in [0.15, 0.2) is 29.4 Å². The van der Waals surface area contributed by atoms with Crippen LogP contribution in [0.3, 0.4) is 0 Å². The van der Waals surface area contributed by atoms with Crippen molar-refractivity contribution >= 4 is 29.6 Å². The minimum atomic E-state index is -0.904. The van der Waals surface area contributed by atoms with Crippen LogP contribution in [0.1, 0.15) is 45.4 Å². The molecule has 1 spiro atoms. The smallest absolute Gasteiger partial charge is 0.344 e. The van der Waals surface area contributed by atoms with E-state index in [0.29, 0.717) is 36.3 Å². The zero-order valence-corrected chi connectivity index (χ0v) is 21.9. The summed E-state index contributed by atoms with van der Waals surface area (Å²) in [4.78, 5) is 38.3. The first-order valence-corrected chi connectivity index (χ1v) is 13.7. The highest BCUT2D eigenvalue weighted by atomic mass is 32.2. The highest BCUT2D eigenvalue weighted by Gasteiger charge is 2.52. The molecule has 1 saturated carbocycles. The third-order valence-corrected chi connectivity index (χ3v) is 8.30. The number of hydrazine groups is 1. The summed E-state index contributed by atoms with van der Waals surface area (Å²) in [6, 6.07) is 6.96. The van der Waals surface area contributed by atoms with Crippen LogP contribution in [0, 0.1) is 5.92 Å². The van der Waals surface area contributed by atoms with Crippen molar-refractivity contribution in [2.45, 2.75) is 68.8 Å². The predicted molar refractivity (Wildman–Crippen MR) is 136 cm³/mol. The maximum atomic E-state index is 13.0. The van der Waals surface area contributed by atoms with Crippen LogP contribution in [0.25, 0.3) is 11.4 Å². The molecule has 1 aromatic heterocycles. The number of imide groups is 1. The monoisotopic (exact) mass is 528 g/mol. The Hall–Kier alpha value is -3.12. The predicted octanol–water partition coefficient (Wildman–Crippen LogP) is 2.76. The fourth-order valence-corrected chi connectivity index (χ4v) is 5.85. The van der Waals surface area contributed by atoms with Gasteiger partial charge in [0.2, 0.25) is 5.91 Å². The van der Waals surface area contributed by atoms with Crippen LogP contribution < -0.4 is 15.5 Å². The van der Waals surface area contributed by atoms with E-state index in [2.05, 4.69) is 27.9 Å². The molecule has 1 aromatic carbocycles. The van der Waals surface area contributed by atoms with Crippen molar-refractivity contribution in [1.29, 1.82) is 0 Å². The lowest BCUT2D eigenvalue weighted by molar-refractivity contribution is -0.139. The molecule has 0 bridgehead atoms. The number of urea groups is 1. The van der Waals surface area contributed by atoms with Gasteiger partial charge in [0.15, 0.2) is 11.0 Å². The number of hydrogen-bond acceptors (Lipinski definition) is 8. The lowest BCUT2D eigenvalue weighted by Crippen LogP contribution is -2.51. The third kappa shape index (κ3) is 5.30. The number of nitrogens with zero attached hydrogens (tertiary/aromatic N) is 4. The molecular formula is C25H32N6O5S. The molecule has 5 rings (SSSR count). The quantitative estimate of drug-likeness (QED) is 0.396. The summed E-state index contributed by atoms with van der Waals surface area (Å²) in [6.45, 7) is 3.43. The van der Waals surface area contributed by atoms with E-state index in [1.54, 1.807) is 7.11 Å². The van der Waals surface area contributed by atoms with Crippen LogP contribution >= 0.6 is 11.8 Å². The van der Waals surface area contributed by atoms with Gasteiger partial charge >= 0.3 is 6.03 Å². The van der Waals surface area contributed by atoms with Crippen LogP contribution in [0.2, 0.25) is 0 Å². The Bertz CT molecular complexity index is 1150. The van der Waals surface area contributed by atoms with E-state index in [4.69, 9.17) is 9.47 Å². The highest BCUT2D eigenvalue weighted by Crippen LogP contribution is 2.36. The Morgan fingerprint density at radius 2 is 1.97 bits per heavy atom. The summed E-state index contributed by atoms with van der Waals surface area (Å²) in [5, 5.41) is 12.9. The molecule has 1 aliphatic carbocycles. The summed E-state index contributed by atoms with van der Waals surface area (Å²) in [5.41, 5.74) is 2.46. The molecule has 2 saturated heterocycles. The highest BCUT2D eigenvalue weighted by molar-refractivity contribution is 7.99. The molecule has 2 N–H and O–H groups in total. The topological polar surface area (TPSA) is 128 Å². The number of hydrogen-bond donors (Lipinski definition) is 2. The van der Waals surface area contributed by atoms with Crippen molar-refractivity contribution in [1.82, 2.24) is 30.5 Å². The Kier molecular flexibility index (Phi) is 7.38. The van der Waals surface area contributed by atoms with E-state index in [0.717, 1.165) is 48.6 Å². The van der Waals surface area contributed by atoms with E-state index in [1.165, 1.54) is 11.8 Å². The van der Waals surface area contributed by atoms with E-state index in [9.17, 15) is 14.4 Å².